The third-order valence-electron chi connectivity index (χ3n) is 6.19. The quantitative estimate of drug-likeness (QED) is 0.426. The van der Waals surface area contributed by atoms with E-state index in [0.29, 0.717) is 24.6 Å². The number of rotatable bonds is 7. The molecule has 194 valence electrons. The molecular formula is C26H31F3N4O2S. The van der Waals surface area contributed by atoms with Crippen LogP contribution in [0.5, 0.6) is 0 Å². The molecular weight excluding hydrogens is 489 g/mol. The number of halogens is 3. The molecule has 0 radical (unpaired) electrons. The number of pyridine rings is 1. The van der Waals surface area contributed by atoms with Gasteiger partial charge in [0.25, 0.3) is 0 Å². The van der Waals surface area contributed by atoms with Crippen molar-refractivity contribution in [1.29, 1.82) is 0 Å². The van der Waals surface area contributed by atoms with Crippen molar-refractivity contribution < 1.29 is 21.6 Å². The van der Waals surface area contributed by atoms with Gasteiger partial charge in [-0.2, -0.15) is 13.2 Å². The summed E-state index contributed by atoms with van der Waals surface area (Å²) >= 11 is 0. The van der Waals surface area contributed by atoms with Gasteiger partial charge in [-0.25, -0.2) is 13.4 Å². The van der Waals surface area contributed by atoms with Crippen molar-refractivity contribution in [3.8, 4) is 0 Å². The van der Waals surface area contributed by atoms with E-state index < -0.39 is 21.6 Å². The minimum absolute atomic E-state index is 0.0325. The number of alkyl halides is 3. The van der Waals surface area contributed by atoms with Gasteiger partial charge in [-0.3, -0.25) is 4.98 Å². The van der Waals surface area contributed by atoms with Crippen LogP contribution in [0.4, 0.5) is 24.5 Å². The number of hydrogen-bond acceptors (Lipinski definition) is 6. The molecule has 0 unspecified atom stereocenters. The standard InChI is InChI=1S/C26H31F3N4O2S/c1-5-23(36(4,34)35)17-31-25(6-2)32-15-12-22(13-16-32)33(24-18-30-14-11-19(24)3)21-9-7-20(8-10-21)26(27,28)29/h5-11,14,17-18,22H,12-13,15-16H2,1-4H3/b23-5+,25-6-,31-17-. The minimum Gasteiger partial charge on any atom is -0.357 e. The van der Waals surface area contributed by atoms with Crippen LogP contribution in [0.15, 0.2) is 70.6 Å². The first-order chi connectivity index (χ1) is 17.0. The number of hydrogen-bond donors (Lipinski definition) is 0. The first-order valence-corrected chi connectivity index (χ1v) is 13.5. The van der Waals surface area contributed by atoms with E-state index in [9.17, 15) is 21.6 Å². The maximum absolute atomic E-state index is 13.1. The first kappa shape index (κ1) is 27.4. The zero-order valence-corrected chi connectivity index (χ0v) is 21.6. The predicted octanol–water partition coefficient (Wildman–Crippen LogP) is 5.89. The molecule has 1 aromatic carbocycles. The first-order valence-electron chi connectivity index (χ1n) is 11.6. The number of benzene rings is 1. The smallest absolute Gasteiger partial charge is 0.357 e. The molecule has 0 spiro atoms. The van der Waals surface area contributed by atoms with Gasteiger partial charge >= 0.3 is 6.18 Å². The van der Waals surface area contributed by atoms with Crippen molar-refractivity contribution in [3.05, 3.63) is 76.7 Å². The van der Waals surface area contributed by atoms with E-state index in [4.69, 9.17) is 0 Å². The molecule has 0 atom stereocenters. The summed E-state index contributed by atoms with van der Waals surface area (Å²) in [4.78, 5) is 13.0. The van der Waals surface area contributed by atoms with E-state index in [-0.39, 0.29) is 10.9 Å². The van der Waals surface area contributed by atoms with Gasteiger partial charge in [-0.05, 0) is 75.6 Å². The van der Waals surface area contributed by atoms with Crippen LogP contribution in [0.3, 0.4) is 0 Å². The molecule has 0 saturated carbocycles. The number of anilines is 2. The number of piperidine rings is 1. The number of aromatic nitrogens is 1. The highest BCUT2D eigenvalue weighted by Crippen LogP contribution is 2.36. The average Bonchev–Trinajstić information content (AvgIpc) is 2.83. The summed E-state index contributed by atoms with van der Waals surface area (Å²) in [6.07, 6.45) is 6.35. The molecule has 1 saturated heterocycles. The molecule has 0 bridgehead atoms. The number of aliphatic imine (C=N–C) groups is 1. The highest BCUT2D eigenvalue weighted by molar-refractivity contribution is 7.95. The van der Waals surface area contributed by atoms with Gasteiger partial charge < -0.3 is 9.80 Å². The monoisotopic (exact) mass is 520 g/mol. The molecule has 10 heteroatoms. The topological polar surface area (TPSA) is 65.9 Å². The van der Waals surface area contributed by atoms with E-state index in [2.05, 4.69) is 19.8 Å². The highest BCUT2D eigenvalue weighted by atomic mass is 32.2. The fourth-order valence-electron chi connectivity index (χ4n) is 4.27. The molecule has 1 fully saturated rings. The van der Waals surface area contributed by atoms with Crippen LogP contribution in [0, 0.1) is 6.92 Å². The molecule has 36 heavy (non-hydrogen) atoms. The van der Waals surface area contributed by atoms with Crippen molar-refractivity contribution in [3.63, 3.8) is 0 Å². The Labute approximate surface area is 210 Å². The average molecular weight is 521 g/mol. The lowest BCUT2D eigenvalue weighted by Gasteiger charge is -2.41. The number of likely N-dealkylation sites (tertiary alicyclic amines) is 1. The molecule has 2 heterocycles. The van der Waals surface area contributed by atoms with Gasteiger partial charge in [0, 0.05) is 43.5 Å². The zero-order valence-electron chi connectivity index (χ0n) is 20.8. The fourth-order valence-corrected chi connectivity index (χ4v) is 4.94. The Hall–Kier alpha value is -3.14. The van der Waals surface area contributed by atoms with Crippen LogP contribution in [0.1, 0.15) is 37.8 Å². The van der Waals surface area contributed by atoms with Crippen molar-refractivity contribution in [2.24, 2.45) is 4.99 Å². The Morgan fingerprint density at radius 1 is 1.11 bits per heavy atom. The van der Waals surface area contributed by atoms with Gasteiger partial charge in [0.2, 0.25) is 0 Å². The van der Waals surface area contributed by atoms with Crippen molar-refractivity contribution in [1.82, 2.24) is 9.88 Å². The molecule has 0 aliphatic carbocycles. The Balaban J connectivity index is 1.84. The van der Waals surface area contributed by atoms with Crippen LogP contribution in [0.25, 0.3) is 0 Å². The minimum atomic E-state index is -4.40. The van der Waals surface area contributed by atoms with Crippen LogP contribution >= 0.6 is 0 Å². The van der Waals surface area contributed by atoms with Gasteiger partial charge in [0.05, 0.1) is 22.4 Å². The fraction of sp³-hybridized carbons (Fsp3) is 0.385. The number of nitrogens with zero attached hydrogens (tertiary/aromatic N) is 4. The van der Waals surface area contributed by atoms with Crippen molar-refractivity contribution in [2.75, 3.05) is 24.2 Å². The highest BCUT2D eigenvalue weighted by Gasteiger charge is 2.32. The number of aryl methyl sites for hydroxylation is 1. The summed E-state index contributed by atoms with van der Waals surface area (Å²) in [6, 6.07) is 7.15. The Kier molecular flexibility index (Phi) is 8.60. The van der Waals surface area contributed by atoms with Crippen LogP contribution in [-0.2, 0) is 16.0 Å². The molecule has 0 N–H and O–H groups in total. The van der Waals surface area contributed by atoms with Crippen molar-refractivity contribution >= 4 is 27.4 Å². The van der Waals surface area contributed by atoms with E-state index in [1.165, 1.54) is 24.4 Å². The van der Waals surface area contributed by atoms with Gasteiger partial charge in [0.1, 0.15) is 5.82 Å². The maximum Gasteiger partial charge on any atom is 0.416 e. The summed E-state index contributed by atoms with van der Waals surface area (Å²) in [5, 5.41) is 0. The van der Waals surface area contributed by atoms with Gasteiger partial charge in [-0.15, -0.1) is 0 Å². The van der Waals surface area contributed by atoms with Crippen LogP contribution in [0.2, 0.25) is 0 Å². The Morgan fingerprint density at radius 3 is 2.25 bits per heavy atom. The molecule has 1 aromatic heterocycles. The second-order valence-electron chi connectivity index (χ2n) is 8.66. The van der Waals surface area contributed by atoms with Gasteiger partial charge in [0.15, 0.2) is 9.84 Å². The summed E-state index contributed by atoms with van der Waals surface area (Å²) in [7, 11) is -3.36. The summed E-state index contributed by atoms with van der Waals surface area (Å²) in [5.74, 6) is 0.676. The second-order valence-corrected chi connectivity index (χ2v) is 10.7. The molecule has 1 aliphatic rings. The summed E-state index contributed by atoms with van der Waals surface area (Å²) in [5.41, 5.74) is 1.82. The Bertz CT molecular complexity index is 1240. The lowest BCUT2D eigenvalue weighted by atomic mass is 10.00. The summed E-state index contributed by atoms with van der Waals surface area (Å²) < 4.78 is 63.1. The summed E-state index contributed by atoms with van der Waals surface area (Å²) in [6.45, 7) is 6.77. The predicted molar refractivity (Wildman–Crippen MR) is 138 cm³/mol. The molecule has 0 amide bonds. The number of allylic oxidation sites excluding steroid dienone is 3. The molecule has 1 aliphatic heterocycles. The maximum atomic E-state index is 13.1. The van der Waals surface area contributed by atoms with E-state index in [0.717, 1.165) is 42.5 Å². The normalized spacial score (nSPS) is 16.6. The third-order valence-corrected chi connectivity index (χ3v) is 7.39. The van der Waals surface area contributed by atoms with Crippen LogP contribution < -0.4 is 4.90 Å². The third kappa shape index (κ3) is 6.54. The van der Waals surface area contributed by atoms with Crippen LogP contribution in [-0.4, -0.2) is 49.9 Å². The van der Waals surface area contributed by atoms with Crippen molar-refractivity contribution in [2.45, 2.75) is 45.8 Å². The lowest BCUT2D eigenvalue weighted by molar-refractivity contribution is -0.137. The Morgan fingerprint density at radius 2 is 1.75 bits per heavy atom. The largest absolute Gasteiger partial charge is 0.416 e. The SMILES string of the molecule is C/C=C(/N=C\C(=C/C)S(C)(=O)=O)N1CCC(N(c2ccc(C(F)(F)F)cc2)c2cnccc2C)CC1. The lowest BCUT2D eigenvalue weighted by Crippen LogP contribution is -2.43. The molecule has 3 rings (SSSR count). The molecule has 6 nitrogen and oxygen atoms in total. The van der Waals surface area contributed by atoms with E-state index >= 15 is 0 Å². The van der Waals surface area contributed by atoms with E-state index in [1.807, 2.05) is 26.0 Å². The second kappa shape index (κ2) is 11.3. The molecule has 2 aromatic rings. The zero-order chi connectivity index (χ0) is 26.5. The van der Waals surface area contributed by atoms with E-state index in [1.54, 1.807) is 19.3 Å². The number of sulfone groups is 1. The van der Waals surface area contributed by atoms with Gasteiger partial charge in [-0.1, -0.05) is 6.08 Å².